The molecule has 0 aliphatic heterocycles. The fraction of sp³-hybridized carbons (Fsp3) is 0.526. The molecule has 0 saturated carbocycles. The number of carbonyl (C=O) groups excluding carboxylic acids is 1. The van der Waals surface area contributed by atoms with Crippen LogP contribution < -0.4 is 4.74 Å². The van der Waals surface area contributed by atoms with E-state index in [0.29, 0.717) is 11.3 Å². The number of para-hydroxylation sites is 1. The van der Waals surface area contributed by atoms with Crippen LogP contribution in [-0.2, 0) is 4.79 Å². The van der Waals surface area contributed by atoms with Crippen molar-refractivity contribution < 1.29 is 9.53 Å². The van der Waals surface area contributed by atoms with Gasteiger partial charge in [0.1, 0.15) is 5.75 Å². The average molecular weight is 288 g/mol. The quantitative estimate of drug-likeness (QED) is 0.240. The molecule has 0 aliphatic rings. The zero-order valence-electron chi connectivity index (χ0n) is 13.4. The van der Waals surface area contributed by atoms with Crippen molar-refractivity contribution in [2.45, 2.75) is 65.2 Å². The van der Waals surface area contributed by atoms with Crippen LogP contribution in [0.1, 0.15) is 65.2 Å². The van der Waals surface area contributed by atoms with Crippen molar-refractivity contribution in [3.05, 3.63) is 42.0 Å². The number of hydrogen-bond acceptors (Lipinski definition) is 2. The Morgan fingerprint density at radius 2 is 1.62 bits per heavy atom. The molecule has 0 bridgehead atoms. The van der Waals surface area contributed by atoms with Crippen LogP contribution in [0, 0.1) is 0 Å². The van der Waals surface area contributed by atoms with Crippen molar-refractivity contribution in [3.63, 3.8) is 0 Å². The number of benzene rings is 1. The second kappa shape index (κ2) is 11.1. The molecule has 0 atom stereocenters. The first-order valence-electron chi connectivity index (χ1n) is 8.18. The van der Waals surface area contributed by atoms with E-state index in [-0.39, 0.29) is 5.97 Å². The Kier molecular flexibility index (Phi) is 9.26. The molecule has 116 valence electrons. The number of carbonyl (C=O) groups is 1. The lowest BCUT2D eigenvalue weighted by molar-refractivity contribution is -0.130. The molecule has 2 heteroatoms. The summed E-state index contributed by atoms with van der Waals surface area (Å²) in [5, 5.41) is 0. The maximum absolute atomic E-state index is 11.9. The van der Waals surface area contributed by atoms with Crippen LogP contribution >= 0.6 is 0 Å². The zero-order valence-corrected chi connectivity index (χ0v) is 13.4. The molecule has 0 amide bonds. The van der Waals surface area contributed by atoms with Crippen LogP contribution in [-0.4, -0.2) is 5.97 Å². The van der Waals surface area contributed by atoms with Gasteiger partial charge in [-0.25, -0.2) is 4.79 Å². The monoisotopic (exact) mass is 288 g/mol. The molecule has 2 nitrogen and oxygen atoms in total. The predicted octanol–water partition coefficient (Wildman–Crippen LogP) is 5.68. The van der Waals surface area contributed by atoms with Gasteiger partial charge >= 0.3 is 5.97 Å². The highest BCUT2D eigenvalue weighted by molar-refractivity contribution is 5.89. The molecule has 1 aromatic carbocycles. The van der Waals surface area contributed by atoms with Crippen LogP contribution in [0.15, 0.2) is 42.0 Å². The van der Waals surface area contributed by atoms with Crippen LogP contribution in [0.4, 0.5) is 0 Å². The van der Waals surface area contributed by atoms with Crippen LogP contribution in [0.25, 0.3) is 0 Å². The molecule has 0 fully saturated rings. The summed E-state index contributed by atoms with van der Waals surface area (Å²) in [7, 11) is 0. The SMILES string of the molecule is CCCCCCCCCC=C(C)C(=O)Oc1ccccc1. The lowest BCUT2D eigenvalue weighted by Crippen LogP contribution is -2.09. The highest BCUT2D eigenvalue weighted by Crippen LogP contribution is 2.12. The summed E-state index contributed by atoms with van der Waals surface area (Å²) in [5.41, 5.74) is 0.699. The van der Waals surface area contributed by atoms with Crippen molar-refractivity contribution in [2.75, 3.05) is 0 Å². The Bertz CT molecular complexity index is 420. The number of unbranched alkanes of at least 4 members (excludes halogenated alkanes) is 7. The smallest absolute Gasteiger partial charge is 0.338 e. The van der Waals surface area contributed by atoms with Gasteiger partial charge < -0.3 is 4.74 Å². The summed E-state index contributed by atoms with van der Waals surface area (Å²) in [4.78, 5) is 11.9. The molecular formula is C19H28O2. The summed E-state index contributed by atoms with van der Waals surface area (Å²) < 4.78 is 5.29. The molecule has 0 N–H and O–H groups in total. The van der Waals surface area contributed by atoms with Crippen molar-refractivity contribution in [1.29, 1.82) is 0 Å². The third-order valence-electron chi connectivity index (χ3n) is 3.53. The van der Waals surface area contributed by atoms with Crippen molar-refractivity contribution in [2.24, 2.45) is 0 Å². The second-order valence-corrected chi connectivity index (χ2v) is 5.50. The Balaban J connectivity index is 2.16. The Labute approximate surface area is 129 Å². The number of ether oxygens (including phenoxy) is 1. The topological polar surface area (TPSA) is 26.3 Å². The minimum absolute atomic E-state index is 0.246. The predicted molar refractivity (Wildman–Crippen MR) is 88.4 cm³/mol. The summed E-state index contributed by atoms with van der Waals surface area (Å²) >= 11 is 0. The van der Waals surface area contributed by atoms with Gasteiger partial charge in [-0.15, -0.1) is 0 Å². The molecular weight excluding hydrogens is 260 g/mol. The summed E-state index contributed by atoms with van der Waals surface area (Å²) in [6.07, 6.45) is 12.0. The first-order chi connectivity index (χ1) is 10.2. The summed E-state index contributed by atoms with van der Waals surface area (Å²) in [6, 6.07) is 9.21. The maximum Gasteiger partial charge on any atom is 0.338 e. The molecule has 0 aromatic heterocycles. The van der Waals surface area contributed by atoms with Gasteiger partial charge in [0.05, 0.1) is 0 Å². The van der Waals surface area contributed by atoms with E-state index in [1.54, 1.807) is 12.1 Å². The number of rotatable bonds is 10. The fourth-order valence-corrected chi connectivity index (χ4v) is 2.18. The average Bonchev–Trinajstić information content (AvgIpc) is 2.50. The van der Waals surface area contributed by atoms with E-state index in [1.165, 1.54) is 38.5 Å². The fourth-order valence-electron chi connectivity index (χ4n) is 2.18. The van der Waals surface area contributed by atoms with E-state index in [4.69, 9.17) is 4.74 Å². The van der Waals surface area contributed by atoms with Gasteiger partial charge in [-0.3, -0.25) is 0 Å². The Morgan fingerprint density at radius 3 is 2.29 bits per heavy atom. The maximum atomic E-state index is 11.9. The number of esters is 1. The standard InChI is InChI=1S/C19H28O2/c1-3-4-5-6-7-8-9-11-14-17(2)19(20)21-18-15-12-10-13-16-18/h10,12-16H,3-9,11H2,1-2H3. The van der Waals surface area contributed by atoms with E-state index < -0.39 is 0 Å². The molecule has 0 unspecified atom stereocenters. The largest absolute Gasteiger partial charge is 0.423 e. The van der Waals surface area contributed by atoms with Crippen LogP contribution in [0.3, 0.4) is 0 Å². The van der Waals surface area contributed by atoms with E-state index in [0.717, 1.165) is 12.8 Å². The highest BCUT2D eigenvalue weighted by atomic mass is 16.5. The van der Waals surface area contributed by atoms with E-state index in [2.05, 4.69) is 6.92 Å². The van der Waals surface area contributed by atoms with E-state index >= 15 is 0 Å². The van der Waals surface area contributed by atoms with Gasteiger partial charge in [-0.05, 0) is 31.9 Å². The van der Waals surface area contributed by atoms with E-state index in [9.17, 15) is 4.79 Å². The summed E-state index contributed by atoms with van der Waals surface area (Å²) in [6.45, 7) is 4.06. The third-order valence-corrected chi connectivity index (χ3v) is 3.53. The Hall–Kier alpha value is -1.57. The Morgan fingerprint density at radius 1 is 1.00 bits per heavy atom. The van der Waals surface area contributed by atoms with Gasteiger partial charge in [0, 0.05) is 5.57 Å². The van der Waals surface area contributed by atoms with Crippen LogP contribution in [0.2, 0.25) is 0 Å². The van der Waals surface area contributed by atoms with Crippen molar-refractivity contribution >= 4 is 5.97 Å². The number of allylic oxidation sites excluding steroid dienone is 1. The molecule has 0 saturated heterocycles. The van der Waals surface area contributed by atoms with Gasteiger partial charge in [-0.2, -0.15) is 0 Å². The molecule has 0 aliphatic carbocycles. The highest BCUT2D eigenvalue weighted by Gasteiger charge is 2.06. The molecule has 21 heavy (non-hydrogen) atoms. The molecule has 1 rings (SSSR count). The molecule has 0 heterocycles. The lowest BCUT2D eigenvalue weighted by atomic mass is 10.1. The van der Waals surface area contributed by atoms with Crippen molar-refractivity contribution in [1.82, 2.24) is 0 Å². The molecule has 0 radical (unpaired) electrons. The minimum Gasteiger partial charge on any atom is -0.423 e. The first-order valence-corrected chi connectivity index (χ1v) is 8.18. The van der Waals surface area contributed by atoms with Crippen molar-refractivity contribution in [3.8, 4) is 5.75 Å². The minimum atomic E-state index is -0.246. The molecule has 1 aromatic rings. The lowest BCUT2D eigenvalue weighted by Gasteiger charge is -2.04. The summed E-state index contributed by atoms with van der Waals surface area (Å²) in [5.74, 6) is 0.357. The molecule has 0 spiro atoms. The number of hydrogen-bond donors (Lipinski definition) is 0. The third kappa shape index (κ3) is 8.34. The second-order valence-electron chi connectivity index (χ2n) is 5.50. The van der Waals surface area contributed by atoms with Crippen LogP contribution in [0.5, 0.6) is 5.75 Å². The van der Waals surface area contributed by atoms with Gasteiger partial charge in [0.2, 0.25) is 0 Å². The zero-order chi connectivity index (χ0) is 15.3. The van der Waals surface area contributed by atoms with E-state index in [1.807, 2.05) is 31.2 Å². The van der Waals surface area contributed by atoms with Gasteiger partial charge in [0.25, 0.3) is 0 Å². The van der Waals surface area contributed by atoms with Gasteiger partial charge in [-0.1, -0.05) is 69.7 Å². The normalized spacial score (nSPS) is 11.4. The van der Waals surface area contributed by atoms with Gasteiger partial charge in [0.15, 0.2) is 0 Å². The first kappa shape index (κ1) is 17.5.